The van der Waals surface area contributed by atoms with Gasteiger partial charge in [-0.3, -0.25) is 10.00 Å². The maximum atomic E-state index is 13.3. The van der Waals surface area contributed by atoms with Crippen molar-refractivity contribution >= 4 is 0 Å². The number of likely N-dealkylation sites (N-methyl/N-ethyl adjacent to an activating group) is 1. The summed E-state index contributed by atoms with van der Waals surface area (Å²) in [5.41, 5.74) is 3.01. The fourth-order valence-electron chi connectivity index (χ4n) is 4.73. The maximum Gasteiger partial charge on any atom is 0.123 e. The van der Waals surface area contributed by atoms with Crippen molar-refractivity contribution in [3.8, 4) is 11.3 Å². The monoisotopic (exact) mass is 401 g/mol. The molecule has 6 nitrogen and oxygen atoms in total. The molecular weight excluding hydrogens is 369 g/mol. The van der Waals surface area contributed by atoms with Crippen molar-refractivity contribution in [1.82, 2.24) is 24.9 Å². The highest BCUT2D eigenvalue weighted by Crippen LogP contribution is 2.28. The molecule has 0 aliphatic carbocycles. The molecule has 2 aliphatic heterocycles. The van der Waals surface area contributed by atoms with E-state index in [2.05, 4.69) is 31.9 Å². The van der Waals surface area contributed by atoms with E-state index in [0.29, 0.717) is 11.8 Å². The fourth-order valence-corrected chi connectivity index (χ4v) is 4.73. The number of aromatic amines is 1. The van der Waals surface area contributed by atoms with Crippen LogP contribution in [0.1, 0.15) is 12.0 Å². The van der Waals surface area contributed by atoms with Gasteiger partial charge in [0.1, 0.15) is 5.82 Å². The van der Waals surface area contributed by atoms with Gasteiger partial charge in [-0.1, -0.05) is 0 Å². The van der Waals surface area contributed by atoms with Crippen LogP contribution in [0.15, 0.2) is 30.5 Å². The maximum absolute atomic E-state index is 13.3. The smallest absolute Gasteiger partial charge is 0.123 e. The summed E-state index contributed by atoms with van der Waals surface area (Å²) in [7, 11) is 2.20. The fraction of sp³-hybridized carbons (Fsp3) is 0.591. The van der Waals surface area contributed by atoms with E-state index in [1.807, 2.05) is 6.20 Å². The van der Waals surface area contributed by atoms with E-state index >= 15 is 0 Å². The van der Waals surface area contributed by atoms with Gasteiger partial charge in [-0.05, 0) is 62.7 Å². The molecular formula is C22H32FN5O. The van der Waals surface area contributed by atoms with Crippen LogP contribution in [0.4, 0.5) is 4.39 Å². The SMILES string of the molecule is CN1CCCN(C[C@@H]2CN(Cc3cn[nH]c3-c3ccc(F)cc3)C[C@@H]2CO)CC1. The molecule has 29 heavy (non-hydrogen) atoms. The van der Waals surface area contributed by atoms with Crippen LogP contribution in [-0.2, 0) is 6.54 Å². The Bertz CT molecular complexity index is 780. The van der Waals surface area contributed by atoms with E-state index in [1.165, 1.54) is 25.1 Å². The topological polar surface area (TPSA) is 58.6 Å². The minimum absolute atomic E-state index is 0.234. The Morgan fingerprint density at radius 3 is 2.66 bits per heavy atom. The minimum Gasteiger partial charge on any atom is -0.396 e. The lowest BCUT2D eigenvalue weighted by atomic mass is 9.96. The molecule has 0 spiro atoms. The van der Waals surface area contributed by atoms with E-state index in [1.54, 1.807) is 12.1 Å². The molecule has 0 unspecified atom stereocenters. The van der Waals surface area contributed by atoms with Gasteiger partial charge in [0, 0.05) is 57.0 Å². The molecule has 158 valence electrons. The molecule has 0 radical (unpaired) electrons. The van der Waals surface area contributed by atoms with E-state index < -0.39 is 0 Å². The van der Waals surface area contributed by atoms with Gasteiger partial charge in [-0.15, -0.1) is 0 Å². The third-order valence-electron chi connectivity index (χ3n) is 6.44. The summed E-state index contributed by atoms with van der Waals surface area (Å²) < 4.78 is 13.3. The number of hydrogen-bond donors (Lipinski definition) is 2. The molecule has 1 aromatic carbocycles. The number of hydrogen-bond acceptors (Lipinski definition) is 5. The number of aromatic nitrogens is 2. The molecule has 0 bridgehead atoms. The van der Waals surface area contributed by atoms with Crippen LogP contribution in [0, 0.1) is 17.7 Å². The van der Waals surface area contributed by atoms with Crippen molar-refractivity contribution in [1.29, 1.82) is 0 Å². The van der Waals surface area contributed by atoms with Gasteiger partial charge in [-0.2, -0.15) is 5.10 Å². The van der Waals surface area contributed by atoms with Crippen molar-refractivity contribution in [2.75, 3.05) is 59.5 Å². The van der Waals surface area contributed by atoms with Crippen LogP contribution in [0.2, 0.25) is 0 Å². The van der Waals surface area contributed by atoms with E-state index in [4.69, 9.17) is 0 Å². The molecule has 0 saturated carbocycles. The van der Waals surface area contributed by atoms with Crippen molar-refractivity contribution in [2.24, 2.45) is 11.8 Å². The number of likely N-dealkylation sites (tertiary alicyclic amines) is 1. The van der Waals surface area contributed by atoms with Gasteiger partial charge in [0.15, 0.2) is 0 Å². The lowest BCUT2D eigenvalue weighted by molar-refractivity contribution is 0.165. The van der Waals surface area contributed by atoms with Crippen LogP contribution < -0.4 is 0 Å². The third kappa shape index (κ3) is 5.04. The first kappa shape index (κ1) is 20.5. The number of aliphatic hydroxyl groups is 1. The zero-order valence-electron chi connectivity index (χ0n) is 17.2. The Morgan fingerprint density at radius 1 is 1.07 bits per heavy atom. The summed E-state index contributed by atoms with van der Waals surface area (Å²) in [6.45, 7) is 8.54. The van der Waals surface area contributed by atoms with E-state index in [9.17, 15) is 9.50 Å². The Labute approximate surface area is 172 Å². The number of benzene rings is 1. The number of nitrogens with zero attached hydrogens (tertiary/aromatic N) is 4. The number of nitrogens with one attached hydrogen (secondary N) is 1. The summed E-state index contributed by atoms with van der Waals surface area (Å²) in [5, 5.41) is 17.3. The molecule has 2 saturated heterocycles. The largest absolute Gasteiger partial charge is 0.396 e. The van der Waals surface area contributed by atoms with Crippen LogP contribution in [0.3, 0.4) is 0 Å². The highest BCUT2D eigenvalue weighted by molar-refractivity contribution is 5.62. The predicted molar refractivity (Wildman–Crippen MR) is 112 cm³/mol. The third-order valence-corrected chi connectivity index (χ3v) is 6.44. The van der Waals surface area contributed by atoms with Gasteiger partial charge in [-0.25, -0.2) is 4.39 Å². The van der Waals surface area contributed by atoms with Crippen molar-refractivity contribution in [3.05, 3.63) is 41.8 Å². The molecule has 3 heterocycles. The second kappa shape index (κ2) is 9.34. The Balaban J connectivity index is 1.39. The predicted octanol–water partition coefficient (Wildman–Crippen LogP) is 1.89. The number of H-pyrrole nitrogens is 1. The van der Waals surface area contributed by atoms with Gasteiger partial charge in [0.25, 0.3) is 0 Å². The second-order valence-corrected chi connectivity index (χ2v) is 8.63. The van der Waals surface area contributed by atoms with E-state index in [0.717, 1.165) is 62.6 Å². The molecule has 2 N–H and O–H groups in total. The lowest BCUT2D eigenvalue weighted by Crippen LogP contribution is -2.36. The van der Waals surface area contributed by atoms with Crippen LogP contribution >= 0.6 is 0 Å². The summed E-state index contributed by atoms with van der Waals surface area (Å²) in [4.78, 5) is 7.40. The Morgan fingerprint density at radius 2 is 1.86 bits per heavy atom. The molecule has 2 aliphatic rings. The minimum atomic E-state index is -0.234. The van der Waals surface area contributed by atoms with Crippen LogP contribution in [0.25, 0.3) is 11.3 Å². The molecule has 2 fully saturated rings. The van der Waals surface area contributed by atoms with Crippen LogP contribution in [0.5, 0.6) is 0 Å². The summed E-state index contributed by atoms with van der Waals surface area (Å²) >= 11 is 0. The zero-order valence-corrected chi connectivity index (χ0v) is 17.2. The Hall–Kier alpha value is -1.80. The first-order valence-electron chi connectivity index (χ1n) is 10.6. The van der Waals surface area contributed by atoms with E-state index in [-0.39, 0.29) is 12.4 Å². The summed E-state index contributed by atoms with van der Waals surface area (Å²) in [5.74, 6) is 0.574. The quantitative estimate of drug-likeness (QED) is 0.774. The number of aliphatic hydroxyl groups excluding tert-OH is 1. The average molecular weight is 402 g/mol. The van der Waals surface area contributed by atoms with Gasteiger partial charge < -0.3 is 14.9 Å². The first-order chi connectivity index (χ1) is 14.1. The zero-order chi connectivity index (χ0) is 20.2. The molecule has 4 rings (SSSR count). The van der Waals surface area contributed by atoms with Gasteiger partial charge in [0.2, 0.25) is 0 Å². The standard InChI is InChI=1S/C22H32FN5O/c1-26-7-2-8-27(10-9-26)13-19-14-28(15-20(19)16-29)12-18-11-24-25-22(18)17-3-5-21(23)6-4-17/h3-6,11,19-20,29H,2,7-10,12-16H2,1H3,(H,24,25)/t19-,20-/m1/s1. The number of rotatable bonds is 6. The molecule has 2 atom stereocenters. The van der Waals surface area contributed by atoms with Crippen LogP contribution in [-0.4, -0.2) is 89.5 Å². The highest BCUT2D eigenvalue weighted by atomic mass is 19.1. The van der Waals surface area contributed by atoms with Gasteiger partial charge >= 0.3 is 0 Å². The summed E-state index contributed by atoms with van der Waals surface area (Å²) in [6.07, 6.45) is 3.08. The summed E-state index contributed by atoms with van der Waals surface area (Å²) in [6, 6.07) is 6.52. The van der Waals surface area contributed by atoms with Gasteiger partial charge in [0.05, 0.1) is 11.9 Å². The highest BCUT2D eigenvalue weighted by Gasteiger charge is 2.34. The first-order valence-corrected chi connectivity index (χ1v) is 10.6. The normalized spacial score (nSPS) is 24.8. The molecule has 7 heteroatoms. The molecule has 0 amide bonds. The van der Waals surface area contributed by atoms with Crippen molar-refractivity contribution in [3.63, 3.8) is 0 Å². The van der Waals surface area contributed by atoms with Crippen molar-refractivity contribution < 1.29 is 9.50 Å². The molecule has 1 aromatic heterocycles. The Kier molecular flexibility index (Phi) is 6.60. The second-order valence-electron chi connectivity index (χ2n) is 8.63. The molecule has 2 aromatic rings. The lowest BCUT2D eigenvalue weighted by Gasteiger charge is -2.26. The number of halogens is 1. The average Bonchev–Trinajstić information content (AvgIpc) is 3.27. The van der Waals surface area contributed by atoms with Crippen molar-refractivity contribution in [2.45, 2.75) is 13.0 Å².